The van der Waals surface area contributed by atoms with Gasteiger partial charge in [-0.15, -0.1) is 11.3 Å². The zero-order valence-electron chi connectivity index (χ0n) is 14.6. The molecule has 0 saturated heterocycles. The van der Waals surface area contributed by atoms with E-state index in [1.165, 1.54) is 0 Å². The molecule has 0 unspecified atom stereocenters. The van der Waals surface area contributed by atoms with Gasteiger partial charge in [-0.2, -0.15) is 0 Å². The molecule has 4 nitrogen and oxygen atoms in total. The molecule has 0 spiro atoms. The molecule has 140 valence electrons. The highest BCUT2D eigenvalue weighted by molar-refractivity contribution is 7.10. The number of aliphatic hydroxyl groups is 1. The van der Waals surface area contributed by atoms with E-state index in [9.17, 15) is 4.79 Å². The SMILES string of the molecule is O=C(NC[C@@H](OCCO)c1cccs1)C1(c2ccc(Cl)cc2)CCCC1. The van der Waals surface area contributed by atoms with Crippen molar-refractivity contribution in [3.63, 3.8) is 0 Å². The topological polar surface area (TPSA) is 58.6 Å². The fourth-order valence-corrected chi connectivity index (χ4v) is 4.56. The maximum Gasteiger partial charge on any atom is 0.230 e. The van der Waals surface area contributed by atoms with Crippen LogP contribution in [0.5, 0.6) is 0 Å². The van der Waals surface area contributed by atoms with Crippen molar-refractivity contribution in [2.75, 3.05) is 19.8 Å². The van der Waals surface area contributed by atoms with Crippen molar-refractivity contribution in [1.82, 2.24) is 5.32 Å². The van der Waals surface area contributed by atoms with E-state index in [4.69, 9.17) is 21.4 Å². The highest BCUT2D eigenvalue weighted by atomic mass is 35.5. The minimum Gasteiger partial charge on any atom is -0.394 e. The average Bonchev–Trinajstić information content (AvgIpc) is 3.35. The summed E-state index contributed by atoms with van der Waals surface area (Å²) in [6.45, 7) is 0.611. The number of thiophene rings is 1. The molecule has 0 radical (unpaired) electrons. The fourth-order valence-electron chi connectivity index (χ4n) is 3.66. The Kier molecular flexibility index (Phi) is 6.70. The second-order valence-electron chi connectivity index (χ2n) is 6.60. The molecule has 1 atom stereocenters. The largest absolute Gasteiger partial charge is 0.394 e. The summed E-state index contributed by atoms with van der Waals surface area (Å²) in [4.78, 5) is 14.2. The third kappa shape index (κ3) is 4.29. The van der Waals surface area contributed by atoms with E-state index in [0.29, 0.717) is 11.6 Å². The lowest BCUT2D eigenvalue weighted by Crippen LogP contribution is -2.44. The first-order valence-electron chi connectivity index (χ1n) is 8.96. The van der Waals surface area contributed by atoms with Crippen molar-refractivity contribution in [3.8, 4) is 0 Å². The molecule has 1 aromatic carbocycles. The molecule has 1 amide bonds. The van der Waals surface area contributed by atoms with Crippen molar-refractivity contribution in [1.29, 1.82) is 0 Å². The number of carbonyl (C=O) groups is 1. The summed E-state index contributed by atoms with van der Waals surface area (Å²) in [5.41, 5.74) is 0.544. The van der Waals surface area contributed by atoms with Gasteiger partial charge < -0.3 is 15.2 Å². The lowest BCUT2D eigenvalue weighted by molar-refractivity contribution is -0.127. The molecule has 2 N–H and O–H groups in total. The molecule has 0 bridgehead atoms. The van der Waals surface area contributed by atoms with Gasteiger partial charge in [0, 0.05) is 16.4 Å². The third-order valence-electron chi connectivity index (χ3n) is 5.01. The predicted octanol–water partition coefficient (Wildman–Crippen LogP) is 4.08. The Hall–Kier alpha value is -1.40. The van der Waals surface area contributed by atoms with E-state index < -0.39 is 5.41 Å². The van der Waals surface area contributed by atoms with Crippen molar-refractivity contribution in [2.45, 2.75) is 37.2 Å². The Morgan fingerprint density at radius 3 is 2.62 bits per heavy atom. The average molecular weight is 394 g/mol. The van der Waals surface area contributed by atoms with Gasteiger partial charge in [0.05, 0.1) is 18.6 Å². The minimum atomic E-state index is -0.485. The third-order valence-corrected chi connectivity index (χ3v) is 6.22. The quantitative estimate of drug-likeness (QED) is 0.710. The van der Waals surface area contributed by atoms with Gasteiger partial charge in [-0.25, -0.2) is 0 Å². The fraction of sp³-hybridized carbons (Fsp3) is 0.450. The van der Waals surface area contributed by atoms with E-state index in [0.717, 1.165) is 36.1 Å². The number of hydrogen-bond donors (Lipinski definition) is 2. The summed E-state index contributed by atoms with van der Waals surface area (Å²) in [5, 5.41) is 14.8. The molecule has 1 heterocycles. The summed E-state index contributed by atoms with van der Waals surface area (Å²) in [6.07, 6.45) is 3.55. The van der Waals surface area contributed by atoms with Gasteiger partial charge in [0.15, 0.2) is 0 Å². The normalized spacial score (nSPS) is 17.2. The van der Waals surface area contributed by atoms with Crippen LogP contribution in [0.25, 0.3) is 0 Å². The standard InChI is InChI=1S/C20H24ClNO3S/c21-16-7-5-15(6-8-16)20(9-1-2-10-20)19(24)22-14-17(25-12-11-23)18-4-3-13-26-18/h3-8,13,17,23H,1-2,9-12,14H2,(H,22,24)/t17-/m1/s1. The van der Waals surface area contributed by atoms with Gasteiger partial charge in [-0.1, -0.05) is 42.6 Å². The number of ether oxygens (including phenoxy) is 1. The van der Waals surface area contributed by atoms with E-state index in [1.807, 2.05) is 41.8 Å². The molecule has 3 rings (SSSR count). The Morgan fingerprint density at radius 1 is 1.27 bits per heavy atom. The molecule has 1 fully saturated rings. The first-order chi connectivity index (χ1) is 12.7. The number of amides is 1. The Balaban J connectivity index is 1.72. The smallest absolute Gasteiger partial charge is 0.230 e. The summed E-state index contributed by atoms with van der Waals surface area (Å²) in [7, 11) is 0. The monoisotopic (exact) mass is 393 g/mol. The van der Waals surface area contributed by atoms with Gasteiger partial charge in [0.1, 0.15) is 6.10 Å². The second-order valence-corrected chi connectivity index (χ2v) is 8.02. The molecule has 1 aliphatic rings. The maximum atomic E-state index is 13.2. The van der Waals surface area contributed by atoms with E-state index in [-0.39, 0.29) is 25.2 Å². The lowest BCUT2D eigenvalue weighted by atomic mass is 9.78. The van der Waals surface area contributed by atoms with Crippen LogP contribution in [-0.2, 0) is 14.9 Å². The van der Waals surface area contributed by atoms with Gasteiger partial charge in [-0.05, 0) is 42.0 Å². The molecule has 2 aromatic rings. The van der Waals surface area contributed by atoms with E-state index in [1.54, 1.807) is 11.3 Å². The van der Waals surface area contributed by atoms with E-state index in [2.05, 4.69) is 5.32 Å². The van der Waals surface area contributed by atoms with Crippen molar-refractivity contribution in [2.24, 2.45) is 0 Å². The number of hydrogen-bond acceptors (Lipinski definition) is 4. The van der Waals surface area contributed by atoms with Crippen LogP contribution in [0.3, 0.4) is 0 Å². The zero-order chi connectivity index (χ0) is 18.4. The molecule has 26 heavy (non-hydrogen) atoms. The van der Waals surface area contributed by atoms with Crippen molar-refractivity contribution < 1.29 is 14.6 Å². The summed E-state index contributed by atoms with van der Waals surface area (Å²) < 4.78 is 5.73. The number of halogens is 1. The molecular formula is C20H24ClNO3S. The highest BCUT2D eigenvalue weighted by Crippen LogP contribution is 2.41. The number of rotatable bonds is 8. The molecule has 6 heteroatoms. The van der Waals surface area contributed by atoms with Gasteiger partial charge in [0.2, 0.25) is 5.91 Å². The number of nitrogens with one attached hydrogen (secondary N) is 1. The molecule has 1 aromatic heterocycles. The van der Waals surface area contributed by atoms with Crippen molar-refractivity contribution >= 4 is 28.8 Å². The highest BCUT2D eigenvalue weighted by Gasteiger charge is 2.42. The van der Waals surface area contributed by atoms with Gasteiger partial charge in [-0.3, -0.25) is 4.79 Å². The molecule has 1 aliphatic carbocycles. The first kappa shape index (κ1) is 19.4. The maximum absolute atomic E-state index is 13.2. The van der Waals surface area contributed by atoms with E-state index >= 15 is 0 Å². The van der Waals surface area contributed by atoms with Crippen LogP contribution in [0, 0.1) is 0 Å². The Labute approximate surface area is 163 Å². The van der Waals surface area contributed by atoms with Gasteiger partial charge >= 0.3 is 0 Å². The molecule has 0 aliphatic heterocycles. The Morgan fingerprint density at radius 2 is 2.00 bits per heavy atom. The van der Waals surface area contributed by atoms with Crippen LogP contribution in [0.4, 0.5) is 0 Å². The molecule has 1 saturated carbocycles. The van der Waals surface area contributed by atoms with Gasteiger partial charge in [0.25, 0.3) is 0 Å². The van der Waals surface area contributed by atoms with Crippen LogP contribution in [0.1, 0.15) is 42.2 Å². The van der Waals surface area contributed by atoms with Crippen LogP contribution in [-0.4, -0.2) is 30.8 Å². The lowest BCUT2D eigenvalue weighted by Gasteiger charge is -2.29. The predicted molar refractivity (Wildman–Crippen MR) is 105 cm³/mol. The van der Waals surface area contributed by atoms with Crippen LogP contribution in [0.15, 0.2) is 41.8 Å². The number of benzene rings is 1. The first-order valence-corrected chi connectivity index (χ1v) is 10.2. The summed E-state index contributed by atoms with van der Waals surface area (Å²) in [6, 6.07) is 11.6. The van der Waals surface area contributed by atoms with Crippen molar-refractivity contribution in [3.05, 3.63) is 57.2 Å². The Bertz CT molecular complexity index is 696. The minimum absolute atomic E-state index is 0.0372. The second kappa shape index (κ2) is 9.00. The van der Waals surface area contributed by atoms with Crippen LogP contribution in [0.2, 0.25) is 5.02 Å². The number of carbonyl (C=O) groups excluding carboxylic acids is 1. The van der Waals surface area contributed by atoms with Crippen LogP contribution < -0.4 is 5.32 Å². The zero-order valence-corrected chi connectivity index (χ0v) is 16.2. The summed E-state index contributed by atoms with van der Waals surface area (Å²) >= 11 is 7.61. The summed E-state index contributed by atoms with van der Waals surface area (Å²) in [5.74, 6) is 0.0477. The molecular weight excluding hydrogens is 370 g/mol. The van der Waals surface area contributed by atoms with Crippen LogP contribution >= 0.6 is 22.9 Å². The number of aliphatic hydroxyl groups excluding tert-OH is 1.